The second-order valence-electron chi connectivity index (χ2n) is 14.7. The minimum absolute atomic E-state index is 0.00809. The first-order valence-corrected chi connectivity index (χ1v) is 24.0. The zero-order valence-corrected chi connectivity index (χ0v) is 38.3. The number of anilines is 2. The fourth-order valence-electron chi connectivity index (χ4n) is 6.20. The molecule has 0 saturated carbocycles. The van der Waals surface area contributed by atoms with Crippen LogP contribution >= 0.6 is 0 Å². The van der Waals surface area contributed by atoms with Crippen molar-refractivity contribution in [3.05, 3.63) is 168 Å². The highest BCUT2D eigenvalue weighted by atomic mass is 32.2. The summed E-state index contributed by atoms with van der Waals surface area (Å²) in [5.41, 5.74) is 2.39. The van der Waals surface area contributed by atoms with Crippen LogP contribution in [0.3, 0.4) is 0 Å². The van der Waals surface area contributed by atoms with E-state index in [0.717, 1.165) is 35.2 Å². The topological polar surface area (TPSA) is 204 Å². The van der Waals surface area contributed by atoms with Gasteiger partial charge in [0, 0.05) is 24.2 Å². The Labute approximate surface area is 392 Å². The molecular formula is C49H49F3N2O12S2. The highest BCUT2D eigenvalue weighted by Gasteiger charge is 2.30. The molecule has 360 valence electrons. The Balaban J connectivity index is 0.000000255. The van der Waals surface area contributed by atoms with Gasteiger partial charge in [-0.15, -0.1) is 0 Å². The Morgan fingerprint density at radius 2 is 0.882 bits per heavy atom. The third kappa shape index (κ3) is 16.6. The summed E-state index contributed by atoms with van der Waals surface area (Å²) in [5, 5.41) is 17.7. The van der Waals surface area contributed by atoms with E-state index >= 15 is 0 Å². The molecule has 6 aromatic carbocycles. The van der Waals surface area contributed by atoms with Crippen LogP contribution < -0.4 is 28.4 Å². The van der Waals surface area contributed by atoms with Gasteiger partial charge in [-0.3, -0.25) is 19.0 Å². The van der Waals surface area contributed by atoms with Crippen LogP contribution in [-0.2, 0) is 55.1 Å². The number of hydrogen-bond donors (Lipinski definition) is 4. The van der Waals surface area contributed by atoms with Crippen LogP contribution in [0.4, 0.5) is 24.5 Å². The molecule has 0 radical (unpaired) electrons. The number of benzene rings is 6. The number of nitrogens with one attached hydrogen (secondary N) is 2. The van der Waals surface area contributed by atoms with Gasteiger partial charge in [0.15, 0.2) is 0 Å². The molecule has 0 heterocycles. The van der Waals surface area contributed by atoms with Crippen molar-refractivity contribution >= 4 is 43.4 Å². The first-order chi connectivity index (χ1) is 32.4. The van der Waals surface area contributed by atoms with Crippen molar-refractivity contribution in [2.24, 2.45) is 0 Å². The van der Waals surface area contributed by atoms with E-state index in [2.05, 4.69) is 9.44 Å². The summed E-state index contributed by atoms with van der Waals surface area (Å²) in [6.07, 6.45) is -2.94. The fraction of sp³-hybridized carbons (Fsp3) is 0.224. The van der Waals surface area contributed by atoms with E-state index < -0.39 is 43.7 Å². The average molecular weight is 979 g/mol. The number of rotatable bonds is 23. The van der Waals surface area contributed by atoms with Crippen LogP contribution in [0.25, 0.3) is 0 Å². The zero-order valence-electron chi connectivity index (χ0n) is 36.6. The number of carboxylic acids is 2. The molecule has 6 aromatic rings. The molecular weight excluding hydrogens is 930 g/mol. The van der Waals surface area contributed by atoms with Gasteiger partial charge in [0.25, 0.3) is 20.0 Å². The Kier molecular flexibility index (Phi) is 18.6. The molecule has 19 heteroatoms. The maximum Gasteiger partial charge on any atom is 0.416 e. The first-order valence-electron chi connectivity index (χ1n) is 21.0. The maximum absolute atomic E-state index is 12.7. The number of para-hydroxylation sites is 2. The van der Waals surface area contributed by atoms with Crippen LogP contribution in [0.15, 0.2) is 155 Å². The van der Waals surface area contributed by atoms with Crippen molar-refractivity contribution in [1.82, 2.24) is 0 Å². The number of sulfonamides is 2. The van der Waals surface area contributed by atoms with Crippen molar-refractivity contribution in [1.29, 1.82) is 0 Å². The summed E-state index contributed by atoms with van der Waals surface area (Å²) in [6.45, 7) is 2.96. The van der Waals surface area contributed by atoms with Gasteiger partial charge in [-0.25, -0.2) is 16.8 Å². The third-order valence-corrected chi connectivity index (χ3v) is 12.5. The first kappa shape index (κ1) is 51.7. The lowest BCUT2D eigenvalue weighted by molar-refractivity contribution is -0.138. The van der Waals surface area contributed by atoms with E-state index in [-0.39, 0.29) is 54.7 Å². The summed E-state index contributed by atoms with van der Waals surface area (Å²) in [5.74, 6) is 0.490. The van der Waals surface area contributed by atoms with E-state index in [4.69, 9.17) is 29.2 Å². The molecule has 0 unspecified atom stereocenters. The Hall–Kier alpha value is -7.25. The van der Waals surface area contributed by atoms with Gasteiger partial charge >= 0.3 is 18.1 Å². The van der Waals surface area contributed by atoms with Crippen molar-refractivity contribution in [3.63, 3.8) is 0 Å². The highest BCUT2D eigenvalue weighted by Crippen LogP contribution is 2.30. The molecule has 0 aliphatic carbocycles. The molecule has 6 rings (SSSR count). The van der Waals surface area contributed by atoms with Crippen LogP contribution in [0.1, 0.15) is 42.0 Å². The number of halogens is 3. The standard InChI is InChI=1S/C25H27NO6S.C24H22F3NO6S/c1-2-19-7-14-23(15-8-19)33(29,30)26-21-10-12-22(13-11-21)31-17-18-32-24-6-4-3-5-20(24)9-16-25(27)28;25-24(26,27)18-6-12-21(13-7-18)35(31,32)28-19-8-10-20(11-9-19)33-15-16-34-22-4-2-1-3-17(22)5-14-23(29)30/h3-8,10-15,26H,2,9,16-18H2,1H3,(H,27,28);1-4,6-13,28H,5,14-16H2,(H,29,30). The number of carbonyl (C=O) groups is 2. The van der Waals surface area contributed by atoms with Crippen molar-refractivity contribution in [3.8, 4) is 23.0 Å². The summed E-state index contributed by atoms with van der Waals surface area (Å²) in [7, 11) is -7.73. The Bertz CT molecular complexity index is 2790. The van der Waals surface area contributed by atoms with Gasteiger partial charge in [0.05, 0.1) is 15.4 Å². The lowest BCUT2D eigenvalue weighted by atomic mass is 10.1. The van der Waals surface area contributed by atoms with E-state index in [0.29, 0.717) is 53.7 Å². The molecule has 4 N–H and O–H groups in total. The van der Waals surface area contributed by atoms with E-state index in [1.807, 2.05) is 25.1 Å². The highest BCUT2D eigenvalue weighted by molar-refractivity contribution is 7.93. The number of ether oxygens (including phenoxy) is 4. The van der Waals surface area contributed by atoms with Gasteiger partial charge in [-0.2, -0.15) is 13.2 Å². The van der Waals surface area contributed by atoms with Crippen LogP contribution in [0, 0.1) is 0 Å². The van der Waals surface area contributed by atoms with Crippen molar-refractivity contribution in [2.75, 3.05) is 35.9 Å². The largest absolute Gasteiger partial charge is 0.490 e. The molecule has 0 fully saturated rings. The molecule has 0 atom stereocenters. The van der Waals surface area contributed by atoms with E-state index in [1.54, 1.807) is 78.9 Å². The Morgan fingerprint density at radius 1 is 0.515 bits per heavy atom. The molecule has 0 aliphatic heterocycles. The lowest BCUT2D eigenvalue weighted by Crippen LogP contribution is -2.14. The molecule has 14 nitrogen and oxygen atoms in total. The smallest absolute Gasteiger partial charge is 0.416 e. The van der Waals surface area contributed by atoms with Crippen LogP contribution in [-0.4, -0.2) is 65.4 Å². The summed E-state index contributed by atoms with van der Waals surface area (Å²) in [4.78, 5) is 21.5. The fourth-order valence-corrected chi connectivity index (χ4v) is 8.32. The number of aryl methyl sites for hydroxylation is 3. The van der Waals surface area contributed by atoms with Crippen molar-refractivity contribution in [2.45, 2.75) is 55.0 Å². The number of hydrogen-bond acceptors (Lipinski definition) is 10. The number of aliphatic carboxylic acids is 2. The van der Waals surface area contributed by atoms with E-state index in [1.165, 1.54) is 24.3 Å². The zero-order chi connectivity index (χ0) is 49.2. The van der Waals surface area contributed by atoms with E-state index in [9.17, 15) is 39.6 Å². The number of carboxylic acid groups (broad SMARTS) is 2. The lowest BCUT2D eigenvalue weighted by Gasteiger charge is -2.12. The monoisotopic (exact) mass is 978 g/mol. The minimum atomic E-state index is -4.56. The summed E-state index contributed by atoms with van der Waals surface area (Å²) >= 11 is 0. The molecule has 0 saturated heterocycles. The molecule has 0 bridgehead atoms. The quantitative estimate of drug-likeness (QED) is 0.0444. The molecule has 0 spiro atoms. The normalized spacial score (nSPS) is 11.4. The van der Waals surface area contributed by atoms with Crippen molar-refractivity contribution < 1.29 is 68.8 Å². The minimum Gasteiger partial charge on any atom is -0.490 e. The SMILES string of the molecule is CCc1ccc(S(=O)(=O)Nc2ccc(OCCOc3ccccc3CCC(=O)O)cc2)cc1.O=C(O)CCc1ccccc1OCCOc1ccc(NS(=O)(=O)c2ccc(C(F)(F)F)cc2)cc1. The predicted octanol–water partition coefficient (Wildman–Crippen LogP) is 9.51. The molecule has 0 aromatic heterocycles. The molecule has 68 heavy (non-hydrogen) atoms. The van der Waals surface area contributed by atoms with Gasteiger partial charge in [-0.1, -0.05) is 55.5 Å². The summed E-state index contributed by atoms with van der Waals surface area (Å²) < 4.78 is 116. The Morgan fingerprint density at radius 3 is 1.25 bits per heavy atom. The second-order valence-corrected chi connectivity index (χ2v) is 18.0. The van der Waals surface area contributed by atoms with Gasteiger partial charge < -0.3 is 29.2 Å². The third-order valence-electron chi connectivity index (χ3n) is 9.73. The van der Waals surface area contributed by atoms with Gasteiger partial charge in [0.1, 0.15) is 49.4 Å². The second kappa shape index (κ2) is 24.5. The number of alkyl halides is 3. The maximum atomic E-state index is 12.7. The van der Waals surface area contributed by atoms with Gasteiger partial charge in [-0.05, 0) is 133 Å². The summed E-state index contributed by atoms with van der Waals surface area (Å²) in [6, 6.07) is 37.0. The van der Waals surface area contributed by atoms with Gasteiger partial charge in [0.2, 0.25) is 0 Å². The molecule has 0 amide bonds. The predicted molar refractivity (Wildman–Crippen MR) is 249 cm³/mol. The van der Waals surface area contributed by atoms with Crippen LogP contribution in [0.5, 0.6) is 23.0 Å². The average Bonchev–Trinajstić information content (AvgIpc) is 3.32. The molecule has 0 aliphatic rings. The van der Waals surface area contributed by atoms with Crippen LogP contribution in [0.2, 0.25) is 0 Å².